The SMILES string of the molecule is Cc1ccc(C(CN)N(C)Cc2ccccc2F)cc1F. The maximum absolute atomic E-state index is 13.7. The molecule has 0 spiro atoms. The van der Waals surface area contributed by atoms with Crippen LogP contribution < -0.4 is 5.73 Å². The Bertz CT molecular complexity index is 613. The molecule has 2 N–H and O–H groups in total. The number of nitrogens with two attached hydrogens (primary N) is 1. The highest BCUT2D eigenvalue weighted by molar-refractivity contribution is 5.26. The predicted molar refractivity (Wildman–Crippen MR) is 80.8 cm³/mol. The molecule has 4 heteroatoms. The summed E-state index contributed by atoms with van der Waals surface area (Å²) in [6, 6.07) is 11.6. The number of nitrogens with zero attached hydrogens (tertiary/aromatic N) is 1. The average molecular weight is 290 g/mol. The van der Waals surface area contributed by atoms with Crippen LogP contribution in [0.5, 0.6) is 0 Å². The van der Waals surface area contributed by atoms with Crippen molar-refractivity contribution in [2.75, 3.05) is 13.6 Å². The fourth-order valence-electron chi connectivity index (χ4n) is 2.39. The van der Waals surface area contributed by atoms with Gasteiger partial charge in [0, 0.05) is 24.7 Å². The predicted octanol–water partition coefficient (Wildman–Crippen LogP) is 3.41. The van der Waals surface area contributed by atoms with Gasteiger partial charge >= 0.3 is 0 Å². The Morgan fingerprint density at radius 3 is 2.43 bits per heavy atom. The maximum atomic E-state index is 13.7. The lowest BCUT2D eigenvalue weighted by Crippen LogP contribution is -2.30. The average Bonchev–Trinajstić information content (AvgIpc) is 2.46. The van der Waals surface area contributed by atoms with E-state index in [1.165, 1.54) is 12.1 Å². The first-order valence-corrected chi connectivity index (χ1v) is 6.92. The fourth-order valence-corrected chi connectivity index (χ4v) is 2.39. The van der Waals surface area contributed by atoms with E-state index in [1.807, 2.05) is 18.0 Å². The molecule has 2 rings (SSSR count). The molecule has 2 aromatic rings. The minimum atomic E-state index is -0.245. The van der Waals surface area contributed by atoms with E-state index in [0.717, 1.165) is 5.56 Å². The number of rotatable bonds is 5. The van der Waals surface area contributed by atoms with Crippen LogP contribution in [0, 0.1) is 18.6 Å². The second kappa shape index (κ2) is 6.78. The van der Waals surface area contributed by atoms with Crippen molar-refractivity contribution in [1.82, 2.24) is 4.90 Å². The molecule has 1 atom stereocenters. The lowest BCUT2D eigenvalue weighted by Gasteiger charge is -2.27. The minimum absolute atomic E-state index is 0.153. The van der Waals surface area contributed by atoms with Gasteiger partial charge in [0.1, 0.15) is 11.6 Å². The minimum Gasteiger partial charge on any atom is -0.329 e. The van der Waals surface area contributed by atoms with Crippen molar-refractivity contribution in [1.29, 1.82) is 0 Å². The number of benzene rings is 2. The molecule has 0 heterocycles. The summed E-state index contributed by atoms with van der Waals surface area (Å²) in [5.41, 5.74) is 7.84. The summed E-state index contributed by atoms with van der Waals surface area (Å²) in [5, 5.41) is 0. The normalized spacial score (nSPS) is 12.7. The van der Waals surface area contributed by atoms with Crippen LogP contribution in [0.25, 0.3) is 0 Å². The Labute approximate surface area is 124 Å². The molecule has 0 bridgehead atoms. The van der Waals surface area contributed by atoms with Gasteiger partial charge in [-0.2, -0.15) is 0 Å². The Morgan fingerprint density at radius 2 is 1.81 bits per heavy atom. The van der Waals surface area contributed by atoms with Gasteiger partial charge < -0.3 is 5.73 Å². The summed E-state index contributed by atoms with van der Waals surface area (Å²) < 4.78 is 27.4. The first kappa shape index (κ1) is 15.6. The highest BCUT2D eigenvalue weighted by Gasteiger charge is 2.17. The summed E-state index contributed by atoms with van der Waals surface area (Å²) in [4.78, 5) is 1.93. The van der Waals surface area contributed by atoms with E-state index in [1.54, 1.807) is 31.2 Å². The topological polar surface area (TPSA) is 29.3 Å². The van der Waals surface area contributed by atoms with Crippen LogP contribution in [0.1, 0.15) is 22.7 Å². The molecule has 2 nitrogen and oxygen atoms in total. The molecule has 112 valence electrons. The molecule has 0 saturated heterocycles. The van der Waals surface area contributed by atoms with Crippen molar-refractivity contribution >= 4 is 0 Å². The zero-order valence-electron chi connectivity index (χ0n) is 12.3. The Morgan fingerprint density at radius 1 is 1.10 bits per heavy atom. The molecule has 1 unspecified atom stereocenters. The second-order valence-corrected chi connectivity index (χ2v) is 5.27. The highest BCUT2D eigenvalue weighted by atomic mass is 19.1. The van der Waals surface area contributed by atoms with Gasteiger partial charge in [-0.3, -0.25) is 4.90 Å². The maximum Gasteiger partial charge on any atom is 0.127 e. The molecule has 0 aliphatic heterocycles. The summed E-state index contributed by atoms with van der Waals surface area (Å²) >= 11 is 0. The van der Waals surface area contributed by atoms with Crippen molar-refractivity contribution in [3.63, 3.8) is 0 Å². The molecule has 0 aliphatic rings. The van der Waals surface area contributed by atoms with Gasteiger partial charge in [0.2, 0.25) is 0 Å². The third-order valence-corrected chi connectivity index (χ3v) is 3.71. The van der Waals surface area contributed by atoms with Gasteiger partial charge in [-0.05, 0) is 37.2 Å². The summed E-state index contributed by atoms with van der Waals surface area (Å²) in [6.07, 6.45) is 0. The largest absolute Gasteiger partial charge is 0.329 e. The van der Waals surface area contributed by atoms with E-state index < -0.39 is 0 Å². The number of halogens is 2. The molecule has 2 aromatic carbocycles. The van der Waals surface area contributed by atoms with Gasteiger partial charge in [-0.15, -0.1) is 0 Å². The van der Waals surface area contributed by atoms with E-state index in [9.17, 15) is 8.78 Å². The van der Waals surface area contributed by atoms with E-state index in [0.29, 0.717) is 24.2 Å². The molecular weight excluding hydrogens is 270 g/mol. The van der Waals surface area contributed by atoms with Crippen LogP contribution in [0.3, 0.4) is 0 Å². The fraction of sp³-hybridized carbons (Fsp3) is 0.294. The van der Waals surface area contributed by atoms with E-state index in [-0.39, 0.29) is 17.7 Å². The van der Waals surface area contributed by atoms with Crippen LogP contribution in [0.2, 0.25) is 0 Å². The van der Waals surface area contributed by atoms with Gasteiger partial charge in [-0.1, -0.05) is 30.3 Å². The Balaban J connectivity index is 2.20. The van der Waals surface area contributed by atoms with Gasteiger partial charge in [0.25, 0.3) is 0 Å². The van der Waals surface area contributed by atoms with Crippen LogP contribution in [0.15, 0.2) is 42.5 Å². The third kappa shape index (κ3) is 3.65. The summed E-state index contributed by atoms with van der Waals surface area (Å²) in [5.74, 6) is -0.486. The van der Waals surface area contributed by atoms with Crippen LogP contribution in [-0.2, 0) is 6.54 Å². The Kier molecular flexibility index (Phi) is 5.04. The molecule has 21 heavy (non-hydrogen) atoms. The molecule has 0 fully saturated rings. The van der Waals surface area contributed by atoms with Crippen LogP contribution in [-0.4, -0.2) is 18.5 Å². The van der Waals surface area contributed by atoms with Gasteiger partial charge in [0.15, 0.2) is 0 Å². The zero-order valence-corrected chi connectivity index (χ0v) is 12.3. The summed E-state index contributed by atoms with van der Waals surface area (Å²) in [7, 11) is 1.86. The van der Waals surface area contributed by atoms with E-state index >= 15 is 0 Å². The first-order chi connectivity index (χ1) is 10.0. The number of hydrogen-bond donors (Lipinski definition) is 1. The Hall–Kier alpha value is -1.78. The molecular formula is C17H20F2N2. The lowest BCUT2D eigenvalue weighted by molar-refractivity contribution is 0.238. The first-order valence-electron chi connectivity index (χ1n) is 6.92. The molecule has 0 aliphatic carbocycles. The standard InChI is InChI=1S/C17H20F2N2/c1-12-7-8-13(9-16(12)19)17(10-20)21(2)11-14-5-3-4-6-15(14)18/h3-9,17H,10-11,20H2,1-2H3. The van der Waals surface area contributed by atoms with E-state index in [4.69, 9.17) is 5.73 Å². The molecule has 0 radical (unpaired) electrons. The third-order valence-electron chi connectivity index (χ3n) is 3.71. The molecule has 0 amide bonds. The molecule has 0 aromatic heterocycles. The number of aryl methyl sites for hydroxylation is 1. The number of likely N-dealkylation sites (N-methyl/N-ethyl adjacent to an activating group) is 1. The van der Waals surface area contributed by atoms with Crippen LogP contribution in [0.4, 0.5) is 8.78 Å². The quantitative estimate of drug-likeness (QED) is 0.914. The van der Waals surface area contributed by atoms with Gasteiger partial charge in [0.05, 0.1) is 0 Å². The number of hydrogen-bond acceptors (Lipinski definition) is 2. The monoisotopic (exact) mass is 290 g/mol. The second-order valence-electron chi connectivity index (χ2n) is 5.27. The van der Waals surface area contributed by atoms with Crippen molar-refractivity contribution < 1.29 is 8.78 Å². The van der Waals surface area contributed by atoms with E-state index in [2.05, 4.69) is 0 Å². The lowest BCUT2D eigenvalue weighted by atomic mass is 10.0. The smallest absolute Gasteiger partial charge is 0.127 e. The van der Waals surface area contributed by atoms with Crippen molar-refractivity contribution in [3.05, 3.63) is 70.8 Å². The zero-order chi connectivity index (χ0) is 15.4. The highest BCUT2D eigenvalue weighted by Crippen LogP contribution is 2.23. The van der Waals surface area contributed by atoms with Crippen molar-refractivity contribution in [2.45, 2.75) is 19.5 Å². The van der Waals surface area contributed by atoms with Crippen molar-refractivity contribution in [3.8, 4) is 0 Å². The van der Waals surface area contributed by atoms with Crippen LogP contribution >= 0.6 is 0 Å². The summed E-state index contributed by atoms with van der Waals surface area (Å²) in [6.45, 7) is 2.48. The van der Waals surface area contributed by atoms with Crippen molar-refractivity contribution in [2.24, 2.45) is 5.73 Å². The molecule has 0 saturated carbocycles. The van der Waals surface area contributed by atoms with Gasteiger partial charge in [-0.25, -0.2) is 8.78 Å².